The van der Waals surface area contributed by atoms with Gasteiger partial charge in [0.25, 0.3) is 0 Å². The minimum atomic E-state index is -0.115. The maximum Gasteiger partial charge on any atom is 0.222 e. The predicted octanol–water partition coefficient (Wildman–Crippen LogP) is 6.06. The Labute approximate surface area is 225 Å². The van der Waals surface area contributed by atoms with Crippen LogP contribution in [0.3, 0.4) is 0 Å². The molecule has 1 N–H and O–H groups in total. The number of carbonyl (C=O) groups is 1. The van der Waals surface area contributed by atoms with Crippen molar-refractivity contribution in [2.75, 3.05) is 26.2 Å². The van der Waals surface area contributed by atoms with Crippen molar-refractivity contribution in [3.05, 3.63) is 24.3 Å². The van der Waals surface area contributed by atoms with E-state index in [4.69, 9.17) is 0 Å². The molecule has 37 heavy (non-hydrogen) atoms. The second-order valence-corrected chi connectivity index (χ2v) is 14.6. The lowest BCUT2D eigenvalue weighted by Crippen LogP contribution is -2.50. The number of hydrogen-bond donors (Lipinski definition) is 1. The van der Waals surface area contributed by atoms with E-state index in [1.807, 2.05) is 6.08 Å². The third kappa shape index (κ3) is 4.28. The number of amides is 1. The molecule has 0 aromatic rings. The molecule has 206 valence electrons. The molecule has 1 unspecified atom stereocenters. The van der Waals surface area contributed by atoms with Gasteiger partial charge in [0.15, 0.2) is 0 Å². The highest BCUT2D eigenvalue weighted by Gasteiger charge is 2.59. The van der Waals surface area contributed by atoms with Crippen LogP contribution < -0.4 is 0 Å². The van der Waals surface area contributed by atoms with Gasteiger partial charge in [-0.05, 0) is 111 Å². The molecule has 2 heterocycles. The van der Waals surface area contributed by atoms with E-state index in [-0.39, 0.29) is 6.10 Å². The van der Waals surface area contributed by atoms with Crippen molar-refractivity contribution < 1.29 is 9.90 Å². The van der Waals surface area contributed by atoms with Gasteiger partial charge in [-0.25, -0.2) is 0 Å². The molecule has 0 bridgehead atoms. The van der Waals surface area contributed by atoms with Crippen molar-refractivity contribution in [1.82, 2.24) is 9.80 Å². The summed E-state index contributed by atoms with van der Waals surface area (Å²) < 4.78 is 0. The van der Waals surface area contributed by atoms with Crippen LogP contribution in [0.5, 0.6) is 0 Å². The van der Waals surface area contributed by atoms with Gasteiger partial charge in [-0.15, -0.1) is 6.58 Å². The molecule has 5 fully saturated rings. The monoisotopic (exact) mass is 508 g/mol. The summed E-state index contributed by atoms with van der Waals surface area (Å²) >= 11 is 0. The second-order valence-electron chi connectivity index (χ2n) is 14.6. The summed E-state index contributed by atoms with van der Waals surface area (Å²) in [5.74, 6) is 4.95. The molecule has 0 radical (unpaired) electrons. The first-order valence-electron chi connectivity index (χ1n) is 15.7. The molecule has 3 saturated carbocycles. The van der Waals surface area contributed by atoms with Crippen LogP contribution in [0.25, 0.3) is 0 Å². The summed E-state index contributed by atoms with van der Waals surface area (Å²) in [6.07, 6.45) is 17.2. The maximum atomic E-state index is 13.4. The lowest BCUT2D eigenvalue weighted by Gasteiger charge is -2.58. The van der Waals surface area contributed by atoms with Crippen LogP contribution in [0, 0.1) is 46.3 Å². The number of allylic oxidation sites excluding steroid dienone is 1. The van der Waals surface area contributed by atoms with E-state index in [1.54, 1.807) is 5.57 Å². The van der Waals surface area contributed by atoms with E-state index in [2.05, 4.69) is 43.2 Å². The molecule has 0 aromatic carbocycles. The van der Waals surface area contributed by atoms with Gasteiger partial charge >= 0.3 is 0 Å². The van der Waals surface area contributed by atoms with Gasteiger partial charge in [0, 0.05) is 38.6 Å². The molecular weight excluding hydrogens is 456 g/mol. The highest BCUT2D eigenvalue weighted by Crippen LogP contribution is 2.67. The first-order chi connectivity index (χ1) is 17.7. The normalized spacial score (nSPS) is 46.0. The van der Waals surface area contributed by atoms with Gasteiger partial charge in [0.05, 0.1) is 6.10 Å². The molecule has 0 aromatic heterocycles. The smallest absolute Gasteiger partial charge is 0.222 e. The van der Waals surface area contributed by atoms with E-state index < -0.39 is 0 Å². The maximum absolute atomic E-state index is 13.4. The average Bonchev–Trinajstić information content (AvgIpc) is 3.55. The Bertz CT molecular complexity index is 929. The van der Waals surface area contributed by atoms with E-state index in [0.29, 0.717) is 34.6 Å². The Morgan fingerprint density at radius 3 is 2.81 bits per heavy atom. The molecule has 2 aliphatic heterocycles. The van der Waals surface area contributed by atoms with Crippen LogP contribution in [0.2, 0.25) is 0 Å². The fraction of sp³-hybridized carbons (Fsp3) is 0.848. The summed E-state index contributed by atoms with van der Waals surface area (Å²) in [6.45, 7) is 15.6. The van der Waals surface area contributed by atoms with Crippen LogP contribution >= 0.6 is 0 Å². The summed E-state index contributed by atoms with van der Waals surface area (Å²) in [7, 11) is 0. The van der Waals surface area contributed by atoms with Gasteiger partial charge in [-0.3, -0.25) is 9.69 Å². The quantitative estimate of drug-likeness (QED) is 0.444. The SMILES string of the molecule is C=CCN1C[C@@H]2CCN(C(=O)CCC(C)[C@H]3CC[C@H]4[C@@H]5CC=C6C[C@@H](O)CC[C@]6(C)[C@H]5CC[C@]34C)[C@@H]2C1. The average molecular weight is 509 g/mol. The number of likely N-dealkylation sites (tertiary alicyclic amines) is 2. The fourth-order valence-electron chi connectivity index (χ4n) is 11.0. The van der Waals surface area contributed by atoms with E-state index in [9.17, 15) is 9.90 Å². The van der Waals surface area contributed by atoms with Gasteiger partial charge in [0.2, 0.25) is 5.91 Å². The van der Waals surface area contributed by atoms with Crippen LogP contribution in [-0.4, -0.2) is 59.1 Å². The zero-order valence-electron chi connectivity index (χ0n) is 23.8. The minimum Gasteiger partial charge on any atom is -0.393 e. The molecule has 10 atom stereocenters. The largest absolute Gasteiger partial charge is 0.393 e. The van der Waals surface area contributed by atoms with Crippen LogP contribution in [-0.2, 0) is 4.79 Å². The molecule has 4 aliphatic carbocycles. The summed E-state index contributed by atoms with van der Waals surface area (Å²) in [4.78, 5) is 18.1. The molecule has 4 nitrogen and oxygen atoms in total. The lowest BCUT2D eigenvalue weighted by molar-refractivity contribution is -0.132. The third-order valence-corrected chi connectivity index (χ3v) is 13.0. The van der Waals surface area contributed by atoms with Crippen molar-refractivity contribution >= 4 is 5.91 Å². The number of aliphatic hydroxyl groups is 1. The fourth-order valence-corrected chi connectivity index (χ4v) is 11.0. The highest BCUT2D eigenvalue weighted by atomic mass is 16.3. The zero-order chi connectivity index (χ0) is 25.9. The van der Waals surface area contributed by atoms with Gasteiger partial charge < -0.3 is 10.0 Å². The Morgan fingerprint density at radius 2 is 2.00 bits per heavy atom. The van der Waals surface area contributed by atoms with Gasteiger partial charge in [-0.2, -0.15) is 0 Å². The summed E-state index contributed by atoms with van der Waals surface area (Å²) in [5.41, 5.74) is 2.35. The molecule has 2 saturated heterocycles. The van der Waals surface area contributed by atoms with Crippen LogP contribution in [0.1, 0.15) is 91.4 Å². The number of nitrogens with zero attached hydrogens (tertiary/aromatic N) is 2. The predicted molar refractivity (Wildman–Crippen MR) is 150 cm³/mol. The van der Waals surface area contributed by atoms with E-state index in [0.717, 1.165) is 75.5 Å². The number of hydrogen-bond acceptors (Lipinski definition) is 3. The van der Waals surface area contributed by atoms with Crippen molar-refractivity contribution in [3.8, 4) is 0 Å². The zero-order valence-corrected chi connectivity index (χ0v) is 23.8. The first kappa shape index (κ1) is 26.1. The standard InChI is InChI=1S/C33H52N2O2/c1-5-17-34-20-23-14-18-35(30(23)21-34)31(37)11-6-22(2)27-9-10-28-26-8-7-24-19-25(36)12-15-32(24,3)29(26)13-16-33(27,28)4/h5,7,22-23,25-30,36H,1,6,8-21H2,2-4H3/t22?,23-,25-,26-,27+,28-,29-,30+,32-,33+/m0/s1. The lowest BCUT2D eigenvalue weighted by atomic mass is 9.47. The van der Waals surface area contributed by atoms with Crippen molar-refractivity contribution in [1.29, 1.82) is 0 Å². The van der Waals surface area contributed by atoms with Crippen LogP contribution in [0.4, 0.5) is 0 Å². The molecule has 0 spiro atoms. The molecule has 4 heteroatoms. The van der Waals surface area contributed by atoms with Crippen molar-refractivity contribution in [3.63, 3.8) is 0 Å². The topological polar surface area (TPSA) is 43.8 Å². The molecular formula is C33H52N2O2. The van der Waals surface area contributed by atoms with E-state index >= 15 is 0 Å². The van der Waals surface area contributed by atoms with Gasteiger partial charge in [-0.1, -0.05) is 38.5 Å². The number of aliphatic hydroxyl groups excluding tert-OH is 1. The number of fused-ring (bicyclic) bond motifs is 6. The first-order valence-corrected chi connectivity index (χ1v) is 15.7. The summed E-state index contributed by atoms with van der Waals surface area (Å²) in [5, 5.41) is 10.3. The highest BCUT2D eigenvalue weighted by molar-refractivity contribution is 5.77. The second kappa shape index (κ2) is 9.81. The third-order valence-electron chi connectivity index (χ3n) is 13.0. The Balaban J connectivity index is 1.08. The van der Waals surface area contributed by atoms with E-state index in [1.165, 1.54) is 44.9 Å². The molecule has 1 amide bonds. The Kier molecular flexibility index (Phi) is 6.92. The van der Waals surface area contributed by atoms with Gasteiger partial charge in [0.1, 0.15) is 0 Å². The summed E-state index contributed by atoms with van der Waals surface area (Å²) in [6, 6.07) is 0.443. The number of rotatable bonds is 6. The molecule has 6 aliphatic rings. The minimum absolute atomic E-state index is 0.115. The Morgan fingerprint density at radius 1 is 1.16 bits per heavy atom. The van der Waals surface area contributed by atoms with Crippen LogP contribution in [0.15, 0.2) is 24.3 Å². The van der Waals surface area contributed by atoms with Crippen molar-refractivity contribution in [2.45, 2.75) is 104 Å². The molecule has 6 rings (SSSR count). The Hall–Kier alpha value is -1.13. The number of carbonyl (C=O) groups excluding carboxylic acids is 1. The van der Waals surface area contributed by atoms with Crippen molar-refractivity contribution in [2.24, 2.45) is 46.3 Å².